The van der Waals surface area contributed by atoms with E-state index in [9.17, 15) is 14.9 Å². The number of amides is 1. The fourth-order valence-corrected chi connectivity index (χ4v) is 3.31. The maximum Gasteiger partial charge on any atom is 0.312 e. The normalized spacial score (nSPS) is 11.9. The number of carbonyl (C=O) groups excluding carboxylic acids is 1. The summed E-state index contributed by atoms with van der Waals surface area (Å²) in [6.07, 6.45) is 3.49. The van der Waals surface area contributed by atoms with Gasteiger partial charge in [-0.05, 0) is 55.7 Å². The monoisotopic (exact) mass is 393 g/mol. The van der Waals surface area contributed by atoms with Gasteiger partial charge in [0.2, 0.25) is 5.91 Å². The summed E-state index contributed by atoms with van der Waals surface area (Å²) >= 11 is 0. The van der Waals surface area contributed by atoms with Crippen molar-refractivity contribution in [3.63, 3.8) is 0 Å². The molecule has 1 aromatic carbocycles. The van der Waals surface area contributed by atoms with Gasteiger partial charge in [0.1, 0.15) is 17.9 Å². The molecule has 29 heavy (non-hydrogen) atoms. The molecule has 2 heterocycles. The predicted octanol–water partition coefficient (Wildman–Crippen LogP) is 3.69. The van der Waals surface area contributed by atoms with E-state index in [1.807, 2.05) is 37.3 Å². The third-order valence-electron chi connectivity index (χ3n) is 5.17. The first-order valence-corrected chi connectivity index (χ1v) is 9.24. The highest BCUT2D eigenvalue weighted by Crippen LogP contribution is 2.26. The molecule has 0 aliphatic heterocycles. The molecule has 0 bridgehead atoms. The first-order valence-electron chi connectivity index (χ1n) is 9.24. The molecule has 0 spiro atoms. The lowest BCUT2D eigenvalue weighted by Crippen LogP contribution is -2.33. The van der Waals surface area contributed by atoms with Gasteiger partial charge < -0.3 is 4.90 Å². The molecule has 0 unspecified atom stereocenters. The molecule has 0 saturated carbocycles. The number of aromatic nitrogens is 3. The second kappa shape index (κ2) is 8.22. The number of pyridine rings is 1. The predicted molar refractivity (Wildman–Crippen MR) is 109 cm³/mol. The van der Waals surface area contributed by atoms with Crippen LogP contribution in [0.15, 0.2) is 48.8 Å². The van der Waals surface area contributed by atoms with Crippen LogP contribution < -0.4 is 0 Å². The van der Waals surface area contributed by atoms with E-state index < -0.39 is 4.92 Å². The molecule has 0 aliphatic carbocycles. The Morgan fingerprint density at radius 3 is 2.52 bits per heavy atom. The van der Waals surface area contributed by atoms with Gasteiger partial charge in [0.25, 0.3) is 0 Å². The number of carbonyl (C=O) groups is 1. The zero-order chi connectivity index (χ0) is 21.1. The lowest BCUT2D eigenvalue weighted by atomic mass is 10.0. The van der Waals surface area contributed by atoms with Crippen LogP contribution in [0.4, 0.5) is 5.69 Å². The molecular formula is C21H23N5O3. The van der Waals surface area contributed by atoms with E-state index in [0.717, 1.165) is 16.7 Å². The first-order chi connectivity index (χ1) is 13.8. The van der Waals surface area contributed by atoms with E-state index in [-0.39, 0.29) is 24.2 Å². The zero-order valence-electron chi connectivity index (χ0n) is 16.9. The highest BCUT2D eigenvalue weighted by Gasteiger charge is 2.25. The molecule has 8 nitrogen and oxygen atoms in total. The minimum absolute atomic E-state index is 0.0430. The molecule has 2 aromatic heterocycles. The number of benzene rings is 1. The molecule has 1 amide bonds. The molecule has 0 N–H and O–H groups in total. The second-order valence-corrected chi connectivity index (χ2v) is 6.98. The van der Waals surface area contributed by atoms with Gasteiger partial charge in [-0.25, -0.2) is 0 Å². The van der Waals surface area contributed by atoms with Gasteiger partial charge in [0, 0.05) is 19.4 Å². The van der Waals surface area contributed by atoms with Crippen LogP contribution in [-0.4, -0.2) is 37.5 Å². The summed E-state index contributed by atoms with van der Waals surface area (Å²) in [5.41, 5.74) is 3.74. The fourth-order valence-electron chi connectivity index (χ4n) is 3.31. The van der Waals surface area contributed by atoms with Crippen molar-refractivity contribution < 1.29 is 9.72 Å². The Labute approximate surface area is 169 Å². The van der Waals surface area contributed by atoms with Gasteiger partial charge >= 0.3 is 5.69 Å². The van der Waals surface area contributed by atoms with Gasteiger partial charge in [-0.15, -0.1) is 0 Å². The van der Waals surface area contributed by atoms with E-state index in [1.165, 1.54) is 4.68 Å². The van der Waals surface area contributed by atoms with E-state index in [4.69, 9.17) is 0 Å². The van der Waals surface area contributed by atoms with E-state index >= 15 is 0 Å². The lowest BCUT2D eigenvalue weighted by molar-refractivity contribution is -0.386. The first kappa shape index (κ1) is 20.2. The summed E-state index contributed by atoms with van der Waals surface area (Å²) in [6, 6.07) is 11.7. The lowest BCUT2D eigenvalue weighted by Gasteiger charge is -2.26. The maximum absolute atomic E-state index is 12.8. The standard InChI is InChI=1S/C21H23N5O3/c1-14-21(26(28)29)16(3)25(23-14)13-20(27)24(4)15(2)18-6-5-7-19(12-18)17-8-10-22-11-9-17/h5-12,15H,13H2,1-4H3/t15-/m1/s1. The Balaban J connectivity index is 1.78. The highest BCUT2D eigenvalue weighted by molar-refractivity contribution is 5.76. The van der Waals surface area contributed by atoms with Gasteiger partial charge in [-0.2, -0.15) is 5.10 Å². The van der Waals surface area contributed by atoms with Gasteiger partial charge in [0.05, 0.1) is 11.0 Å². The average Bonchev–Trinajstić information content (AvgIpc) is 3.00. The minimum atomic E-state index is -0.463. The summed E-state index contributed by atoms with van der Waals surface area (Å²) in [6.45, 7) is 5.08. The molecule has 1 atom stereocenters. The number of nitrogens with zero attached hydrogens (tertiary/aromatic N) is 5. The fraction of sp³-hybridized carbons (Fsp3) is 0.286. The Bertz CT molecular complexity index is 1050. The van der Waals surface area contributed by atoms with Crippen molar-refractivity contribution in [1.29, 1.82) is 0 Å². The van der Waals surface area contributed by atoms with Crippen LogP contribution >= 0.6 is 0 Å². The quantitative estimate of drug-likeness (QED) is 0.470. The van der Waals surface area contributed by atoms with E-state index in [1.54, 1.807) is 38.2 Å². The maximum atomic E-state index is 12.8. The summed E-state index contributed by atoms with van der Waals surface area (Å²) in [5, 5.41) is 15.3. The van der Waals surface area contributed by atoms with Crippen molar-refractivity contribution in [2.75, 3.05) is 7.05 Å². The van der Waals surface area contributed by atoms with Crippen LogP contribution in [0.3, 0.4) is 0 Å². The van der Waals surface area contributed by atoms with Crippen molar-refractivity contribution in [3.8, 4) is 11.1 Å². The van der Waals surface area contributed by atoms with E-state index in [2.05, 4.69) is 16.1 Å². The molecule has 3 rings (SSSR count). The van der Waals surface area contributed by atoms with Crippen molar-refractivity contribution in [2.45, 2.75) is 33.4 Å². The van der Waals surface area contributed by atoms with E-state index in [0.29, 0.717) is 11.4 Å². The Morgan fingerprint density at radius 1 is 1.21 bits per heavy atom. The van der Waals surface area contributed by atoms with Gasteiger partial charge in [-0.1, -0.05) is 18.2 Å². The largest absolute Gasteiger partial charge is 0.337 e. The molecule has 8 heteroatoms. The molecular weight excluding hydrogens is 370 g/mol. The number of hydrogen-bond acceptors (Lipinski definition) is 5. The van der Waals surface area contributed by atoms with Crippen molar-refractivity contribution in [3.05, 3.63) is 75.9 Å². The number of likely N-dealkylation sites (N-methyl/N-ethyl adjacent to an activating group) is 1. The Kier molecular flexibility index (Phi) is 5.72. The SMILES string of the molecule is Cc1nn(CC(=O)N(C)[C@H](C)c2cccc(-c3ccncc3)c2)c(C)c1[N+](=O)[O-]. The Morgan fingerprint density at radius 2 is 1.90 bits per heavy atom. The van der Waals surface area contributed by atoms with Crippen molar-refractivity contribution >= 4 is 11.6 Å². The average molecular weight is 393 g/mol. The third kappa shape index (κ3) is 4.16. The van der Waals surface area contributed by atoms with Crippen molar-refractivity contribution in [1.82, 2.24) is 19.7 Å². The molecule has 0 radical (unpaired) electrons. The number of aryl methyl sites for hydroxylation is 1. The van der Waals surface area contributed by atoms with Gasteiger partial charge in [0.15, 0.2) is 0 Å². The van der Waals surface area contributed by atoms with Crippen LogP contribution in [-0.2, 0) is 11.3 Å². The summed E-state index contributed by atoms with van der Waals surface area (Å²) in [4.78, 5) is 29.2. The summed E-state index contributed by atoms with van der Waals surface area (Å²) < 4.78 is 1.40. The summed E-state index contributed by atoms with van der Waals surface area (Å²) in [7, 11) is 1.73. The highest BCUT2D eigenvalue weighted by atomic mass is 16.6. The molecule has 3 aromatic rings. The zero-order valence-corrected chi connectivity index (χ0v) is 16.9. The Hall–Kier alpha value is -3.55. The van der Waals surface area contributed by atoms with Crippen LogP contribution in [0.1, 0.15) is 29.9 Å². The van der Waals surface area contributed by atoms with Crippen LogP contribution in [0, 0.1) is 24.0 Å². The van der Waals surface area contributed by atoms with Gasteiger partial charge in [-0.3, -0.25) is 24.6 Å². The molecule has 0 saturated heterocycles. The van der Waals surface area contributed by atoms with Crippen LogP contribution in [0.5, 0.6) is 0 Å². The summed E-state index contributed by atoms with van der Waals surface area (Å²) in [5.74, 6) is -0.174. The van der Waals surface area contributed by atoms with Crippen LogP contribution in [0.2, 0.25) is 0 Å². The number of hydrogen-bond donors (Lipinski definition) is 0. The topological polar surface area (TPSA) is 94.2 Å². The smallest absolute Gasteiger partial charge is 0.312 e. The molecule has 0 fully saturated rings. The second-order valence-electron chi connectivity index (χ2n) is 6.98. The number of nitro groups is 1. The number of rotatable bonds is 6. The third-order valence-corrected chi connectivity index (χ3v) is 5.17. The minimum Gasteiger partial charge on any atom is -0.337 e. The molecule has 0 aliphatic rings. The van der Waals surface area contributed by atoms with Crippen molar-refractivity contribution in [2.24, 2.45) is 0 Å². The molecule has 150 valence electrons. The van der Waals surface area contributed by atoms with Crippen LogP contribution in [0.25, 0.3) is 11.1 Å².